The second kappa shape index (κ2) is 10.7. The van der Waals surface area contributed by atoms with E-state index in [4.69, 9.17) is 0 Å². The van der Waals surface area contributed by atoms with E-state index >= 15 is 0 Å². The van der Waals surface area contributed by atoms with Crippen molar-refractivity contribution in [1.82, 2.24) is 0 Å². The summed E-state index contributed by atoms with van der Waals surface area (Å²) in [6.07, 6.45) is 20.9. The van der Waals surface area contributed by atoms with Crippen LogP contribution < -0.4 is 0 Å². The van der Waals surface area contributed by atoms with Crippen LogP contribution >= 0.6 is 0 Å². The molecule has 0 aromatic heterocycles. The predicted molar refractivity (Wildman–Crippen MR) is 81.8 cm³/mol. The Morgan fingerprint density at radius 2 is 1.32 bits per heavy atom. The summed E-state index contributed by atoms with van der Waals surface area (Å²) >= 11 is 0. The van der Waals surface area contributed by atoms with Gasteiger partial charge in [0.1, 0.15) is 5.82 Å². The number of ketones is 1. The molecule has 2 aliphatic rings. The Kier molecular flexibility index (Phi) is 9.34. The smallest absolute Gasteiger partial charge is 0.289 e. The first kappa shape index (κ1) is 19.1. The molecule has 0 spiro atoms. The van der Waals surface area contributed by atoms with Crippen LogP contribution in [0.2, 0.25) is 0 Å². The molecule has 0 N–H and O–H groups in total. The fraction of sp³-hybridized carbons (Fsp3) is 0. The topological polar surface area (TPSA) is 17.1 Å². The summed E-state index contributed by atoms with van der Waals surface area (Å²) in [6.45, 7) is 0. The largest absolute Gasteiger partial charge is 2.00 e. The maximum Gasteiger partial charge on any atom is 2.00 e. The Morgan fingerprint density at radius 3 is 1.82 bits per heavy atom. The standard InChI is InChI=1S/C14H10FO.C5H5.Fe/c15-13-8-6-12(7-9-13)14(16)10-5-11-3-1-2-4-11;1-2-4-5-3-1;/h1-10H;1-5H;/q;;+2/b10-5+;;. The van der Waals surface area contributed by atoms with Crippen molar-refractivity contribution in [3.63, 3.8) is 0 Å². The first-order valence-corrected chi connectivity index (χ1v) is 6.62. The number of rotatable bonds is 3. The molecule has 0 saturated heterocycles. The molecule has 0 bridgehead atoms. The Balaban J connectivity index is 0.000000344. The quantitative estimate of drug-likeness (QED) is 0.464. The van der Waals surface area contributed by atoms with Gasteiger partial charge >= 0.3 is 17.1 Å². The van der Waals surface area contributed by atoms with Crippen molar-refractivity contribution < 1.29 is 26.3 Å². The second-order valence-electron chi connectivity index (χ2n) is 4.38. The van der Waals surface area contributed by atoms with E-state index in [1.54, 1.807) is 6.08 Å². The van der Waals surface area contributed by atoms with Crippen molar-refractivity contribution in [2.45, 2.75) is 0 Å². The van der Waals surface area contributed by atoms with E-state index in [1.165, 1.54) is 30.3 Å². The molecule has 0 unspecified atom stereocenters. The van der Waals surface area contributed by atoms with Crippen molar-refractivity contribution in [1.29, 1.82) is 0 Å². The van der Waals surface area contributed by atoms with Crippen molar-refractivity contribution in [3.8, 4) is 0 Å². The summed E-state index contributed by atoms with van der Waals surface area (Å²) in [4.78, 5) is 11.6. The molecule has 2 fully saturated rings. The van der Waals surface area contributed by atoms with E-state index in [1.807, 2.05) is 57.8 Å². The molecule has 3 rings (SSSR count). The Labute approximate surface area is 143 Å². The van der Waals surface area contributed by atoms with E-state index in [0.717, 1.165) is 5.92 Å². The normalized spacial score (nSPS) is 17.9. The van der Waals surface area contributed by atoms with Gasteiger partial charge in [-0.15, -0.1) is 0 Å². The van der Waals surface area contributed by atoms with Gasteiger partial charge < -0.3 is 0 Å². The van der Waals surface area contributed by atoms with Gasteiger partial charge in [0.25, 0.3) is 0 Å². The van der Waals surface area contributed by atoms with Crippen molar-refractivity contribution in [2.24, 2.45) is 0 Å². The molecule has 0 aliphatic heterocycles. The van der Waals surface area contributed by atoms with Gasteiger partial charge in [0.15, 0.2) is 5.78 Å². The zero-order valence-electron chi connectivity index (χ0n) is 11.8. The first-order valence-electron chi connectivity index (χ1n) is 6.62. The third-order valence-corrected chi connectivity index (χ3v) is 2.80. The van der Waals surface area contributed by atoms with E-state index in [0.29, 0.717) is 5.56 Å². The SMILES string of the molecule is O=C(/C=C/[C]1[CH][CH][CH][CH]1)c1ccc(F)cc1.[CH]1[CH][CH][CH][CH]1.[Fe+2]. The molecule has 22 heavy (non-hydrogen) atoms. The van der Waals surface area contributed by atoms with Gasteiger partial charge in [-0.1, -0.05) is 6.08 Å². The van der Waals surface area contributed by atoms with Crippen molar-refractivity contribution in [2.75, 3.05) is 0 Å². The average molecular weight is 334 g/mol. The summed E-state index contributed by atoms with van der Waals surface area (Å²) in [5, 5.41) is 0. The predicted octanol–water partition coefficient (Wildman–Crippen LogP) is 3.99. The molecule has 3 heteroatoms. The molecule has 0 heterocycles. The minimum atomic E-state index is -0.337. The van der Waals surface area contributed by atoms with Gasteiger partial charge in [0.05, 0.1) is 0 Å². The minimum Gasteiger partial charge on any atom is -0.289 e. The summed E-state index contributed by atoms with van der Waals surface area (Å²) in [7, 11) is 0. The maximum absolute atomic E-state index is 12.6. The molecule has 110 valence electrons. The Bertz CT molecular complexity index is 449. The third-order valence-electron chi connectivity index (χ3n) is 2.80. The van der Waals surface area contributed by atoms with Gasteiger partial charge in [0, 0.05) is 11.5 Å². The average Bonchev–Trinajstić information content (AvgIpc) is 3.21. The van der Waals surface area contributed by atoms with Gasteiger partial charge in [-0.05, 0) is 88.1 Å². The number of carbonyl (C=O) groups excluding carboxylic acids is 1. The summed E-state index contributed by atoms with van der Waals surface area (Å²) < 4.78 is 12.6. The number of benzene rings is 1. The Morgan fingerprint density at radius 1 is 0.818 bits per heavy atom. The Hall–Kier alpha value is -0.921. The van der Waals surface area contributed by atoms with E-state index in [2.05, 4.69) is 0 Å². The molecule has 0 atom stereocenters. The molecule has 10 radical (unpaired) electrons. The van der Waals surface area contributed by atoms with Crippen LogP contribution in [-0.4, -0.2) is 5.78 Å². The molecule has 1 aromatic carbocycles. The van der Waals surface area contributed by atoms with Gasteiger partial charge in [-0.3, -0.25) is 4.79 Å². The van der Waals surface area contributed by atoms with Gasteiger partial charge in [-0.2, -0.15) is 0 Å². The van der Waals surface area contributed by atoms with Crippen LogP contribution in [0, 0.1) is 69.5 Å². The van der Waals surface area contributed by atoms with Crippen molar-refractivity contribution in [3.05, 3.63) is 112 Å². The molecule has 2 saturated carbocycles. The van der Waals surface area contributed by atoms with Crippen LogP contribution in [0.15, 0.2) is 36.4 Å². The number of hydrogen-bond acceptors (Lipinski definition) is 1. The number of halogens is 1. The second-order valence-corrected chi connectivity index (χ2v) is 4.38. The van der Waals surface area contributed by atoms with Gasteiger partial charge in [-0.25, -0.2) is 4.39 Å². The van der Waals surface area contributed by atoms with E-state index < -0.39 is 0 Å². The summed E-state index contributed by atoms with van der Waals surface area (Å²) in [5.41, 5.74) is 0.490. The van der Waals surface area contributed by atoms with Gasteiger partial charge in [0.2, 0.25) is 0 Å². The number of hydrogen-bond donors (Lipinski definition) is 0. The fourth-order valence-corrected chi connectivity index (χ4v) is 1.70. The monoisotopic (exact) mass is 334 g/mol. The van der Waals surface area contributed by atoms with Crippen LogP contribution in [0.5, 0.6) is 0 Å². The summed E-state index contributed by atoms with van der Waals surface area (Å²) in [6, 6.07) is 5.52. The molecule has 2 aliphatic carbocycles. The molecule has 0 amide bonds. The number of allylic oxidation sites excluding steroid dienone is 2. The molecular weight excluding hydrogens is 319 g/mol. The number of carbonyl (C=O) groups is 1. The first-order chi connectivity index (χ1) is 10.3. The summed E-state index contributed by atoms with van der Waals surface area (Å²) in [5.74, 6) is 0.522. The minimum absolute atomic E-state index is 0. The molecule has 1 nitrogen and oxygen atoms in total. The molecule has 1 aromatic rings. The van der Waals surface area contributed by atoms with Crippen molar-refractivity contribution >= 4 is 5.78 Å². The zero-order valence-corrected chi connectivity index (χ0v) is 12.9. The maximum atomic E-state index is 12.6. The third kappa shape index (κ3) is 6.89. The molecular formula is C19H15FFeO+2. The van der Waals surface area contributed by atoms with E-state index in [-0.39, 0.29) is 28.7 Å². The van der Waals surface area contributed by atoms with Crippen LogP contribution in [0.25, 0.3) is 0 Å². The fourth-order valence-electron chi connectivity index (χ4n) is 1.70. The van der Waals surface area contributed by atoms with Crippen LogP contribution in [-0.2, 0) is 17.1 Å². The van der Waals surface area contributed by atoms with Crippen LogP contribution in [0.1, 0.15) is 10.4 Å². The zero-order chi connectivity index (χ0) is 14.9. The van der Waals surface area contributed by atoms with E-state index in [9.17, 15) is 9.18 Å². The van der Waals surface area contributed by atoms with Crippen LogP contribution in [0.4, 0.5) is 4.39 Å². The van der Waals surface area contributed by atoms with Crippen LogP contribution in [0.3, 0.4) is 0 Å².